The maximum Gasteiger partial charge on any atom is 0.123 e. The fraction of sp³-hybridized carbons (Fsp3) is 0.455. The summed E-state index contributed by atoms with van der Waals surface area (Å²) in [5.74, 6) is 0.944. The lowest BCUT2D eigenvalue weighted by molar-refractivity contribution is 0.409. The predicted molar refractivity (Wildman–Crippen MR) is 59.9 cm³/mol. The molecule has 0 fully saturated rings. The fourth-order valence-electron chi connectivity index (χ4n) is 1.64. The molecule has 72 valence electrons. The van der Waals surface area contributed by atoms with Crippen LogP contribution in [0.5, 0.6) is 5.75 Å². The van der Waals surface area contributed by atoms with Crippen LogP contribution in [0, 0.1) is 13.8 Å². The van der Waals surface area contributed by atoms with Crippen LogP contribution in [0.1, 0.15) is 28.9 Å². The van der Waals surface area contributed by atoms with Gasteiger partial charge in [-0.3, -0.25) is 0 Å². The Morgan fingerprint density at radius 2 is 1.92 bits per heavy atom. The van der Waals surface area contributed by atoms with Gasteiger partial charge >= 0.3 is 0 Å². The minimum Gasteiger partial charge on any atom is -0.496 e. The third-order valence-corrected chi connectivity index (χ3v) is 2.39. The minimum absolute atomic E-state index is 0.218. The Kier molecular flexibility index (Phi) is 3.26. The standard InChI is InChI=1S/C11H16OS/c1-7-5-8(2)11(9(3)13)10(6-7)12-4/h5-6,9,13H,1-4H3. The highest BCUT2D eigenvalue weighted by Gasteiger charge is 2.11. The molecule has 13 heavy (non-hydrogen) atoms. The monoisotopic (exact) mass is 196 g/mol. The normalized spacial score (nSPS) is 12.7. The molecule has 0 spiro atoms. The van der Waals surface area contributed by atoms with Gasteiger partial charge in [-0.2, -0.15) is 12.6 Å². The SMILES string of the molecule is COc1cc(C)cc(C)c1C(C)S. The minimum atomic E-state index is 0.218. The van der Waals surface area contributed by atoms with Gasteiger partial charge in [0, 0.05) is 10.8 Å². The molecule has 1 nitrogen and oxygen atoms in total. The molecule has 0 saturated heterocycles. The third kappa shape index (κ3) is 2.19. The largest absolute Gasteiger partial charge is 0.496 e. The van der Waals surface area contributed by atoms with Crippen LogP contribution in [-0.2, 0) is 0 Å². The first-order chi connectivity index (χ1) is 6.06. The molecule has 0 aromatic heterocycles. The van der Waals surface area contributed by atoms with Gasteiger partial charge in [-0.25, -0.2) is 0 Å². The lowest BCUT2D eigenvalue weighted by Crippen LogP contribution is -1.96. The molecule has 0 aliphatic rings. The third-order valence-electron chi connectivity index (χ3n) is 2.13. The van der Waals surface area contributed by atoms with E-state index in [9.17, 15) is 0 Å². The summed E-state index contributed by atoms with van der Waals surface area (Å²) in [4.78, 5) is 0. The summed E-state index contributed by atoms with van der Waals surface area (Å²) in [6, 6.07) is 4.21. The number of aryl methyl sites for hydroxylation is 2. The average Bonchev–Trinajstić information content (AvgIpc) is 2.01. The summed E-state index contributed by atoms with van der Waals surface area (Å²) in [6.07, 6.45) is 0. The second-order valence-electron chi connectivity index (χ2n) is 3.37. The predicted octanol–water partition coefficient (Wildman–Crippen LogP) is 3.30. The van der Waals surface area contributed by atoms with Gasteiger partial charge in [0.1, 0.15) is 5.75 Å². The molecule has 0 bridgehead atoms. The van der Waals surface area contributed by atoms with Crippen LogP contribution in [0.2, 0.25) is 0 Å². The van der Waals surface area contributed by atoms with Crippen molar-refractivity contribution >= 4 is 12.6 Å². The molecule has 0 aliphatic carbocycles. The van der Waals surface area contributed by atoms with Crippen molar-refractivity contribution in [2.24, 2.45) is 0 Å². The van der Waals surface area contributed by atoms with Crippen LogP contribution < -0.4 is 4.74 Å². The van der Waals surface area contributed by atoms with E-state index in [0.29, 0.717) is 0 Å². The highest BCUT2D eigenvalue weighted by Crippen LogP contribution is 2.32. The Bertz CT molecular complexity index is 305. The van der Waals surface area contributed by atoms with Crippen LogP contribution in [0.25, 0.3) is 0 Å². The van der Waals surface area contributed by atoms with E-state index < -0.39 is 0 Å². The van der Waals surface area contributed by atoms with Crippen LogP contribution in [-0.4, -0.2) is 7.11 Å². The first kappa shape index (κ1) is 10.5. The summed E-state index contributed by atoms with van der Waals surface area (Å²) in [5, 5.41) is 0.218. The lowest BCUT2D eigenvalue weighted by Gasteiger charge is -2.15. The zero-order chi connectivity index (χ0) is 10.0. The summed E-state index contributed by atoms with van der Waals surface area (Å²) in [5.41, 5.74) is 3.67. The Morgan fingerprint density at radius 1 is 1.31 bits per heavy atom. The van der Waals surface area contributed by atoms with Gasteiger partial charge in [-0.15, -0.1) is 0 Å². The molecule has 0 aliphatic heterocycles. The van der Waals surface area contributed by atoms with Gasteiger partial charge in [-0.05, 0) is 38.0 Å². The van der Waals surface area contributed by atoms with Crippen LogP contribution in [0.3, 0.4) is 0 Å². The van der Waals surface area contributed by atoms with Gasteiger partial charge < -0.3 is 4.74 Å². The van der Waals surface area contributed by atoms with Crippen LogP contribution in [0.4, 0.5) is 0 Å². The molecule has 1 rings (SSSR count). The second kappa shape index (κ2) is 4.05. The number of thiol groups is 1. The number of methoxy groups -OCH3 is 1. The molecule has 1 aromatic carbocycles. The Balaban J connectivity index is 3.30. The summed E-state index contributed by atoms with van der Waals surface area (Å²) in [7, 11) is 1.70. The fourth-order valence-corrected chi connectivity index (χ4v) is 1.97. The zero-order valence-electron chi connectivity index (χ0n) is 8.59. The quantitative estimate of drug-likeness (QED) is 0.714. The van der Waals surface area contributed by atoms with Crippen molar-refractivity contribution in [3.8, 4) is 5.75 Å². The summed E-state index contributed by atoms with van der Waals surface area (Å²) < 4.78 is 5.32. The summed E-state index contributed by atoms with van der Waals surface area (Å²) in [6.45, 7) is 6.23. The molecule has 0 saturated carbocycles. The van der Waals surface area contributed by atoms with Gasteiger partial charge in [-0.1, -0.05) is 6.07 Å². The molecule has 1 unspecified atom stereocenters. The first-order valence-corrected chi connectivity index (χ1v) is 4.91. The lowest BCUT2D eigenvalue weighted by atomic mass is 10.0. The van der Waals surface area contributed by atoms with E-state index in [1.807, 2.05) is 0 Å². The van der Waals surface area contributed by atoms with E-state index in [-0.39, 0.29) is 5.25 Å². The van der Waals surface area contributed by atoms with Crippen LogP contribution in [0.15, 0.2) is 12.1 Å². The van der Waals surface area contributed by atoms with E-state index in [2.05, 4.69) is 45.5 Å². The van der Waals surface area contributed by atoms with Crippen molar-refractivity contribution in [1.29, 1.82) is 0 Å². The average molecular weight is 196 g/mol. The Labute approximate surface area is 85.5 Å². The van der Waals surface area contributed by atoms with Gasteiger partial charge in [0.05, 0.1) is 7.11 Å². The van der Waals surface area contributed by atoms with Gasteiger partial charge in [0.25, 0.3) is 0 Å². The smallest absolute Gasteiger partial charge is 0.123 e. The Hall–Kier alpha value is -0.630. The first-order valence-electron chi connectivity index (χ1n) is 4.39. The second-order valence-corrected chi connectivity index (χ2v) is 4.15. The Morgan fingerprint density at radius 3 is 2.38 bits per heavy atom. The highest BCUT2D eigenvalue weighted by atomic mass is 32.1. The molecule has 2 heteroatoms. The zero-order valence-corrected chi connectivity index (χ0v) is 9.48. The maximum atomic E-state index is 5.32. The van der Waals surface area contributed by atoms with E-state index in [1.54, 1.807) is 7.11 Å². The van der Waals surface area contributed by atoms with Crippen molar-refractivity contribution in [3.05, 3.63) is 28.8 Å². The number of ether oxygens (including phenoxy) is 1. The number of hydrogen-bond acceptors (Lipinski definition) is 2. The van der Waals surface area contributed by atoms with Crippen molar-refractivity contribution in [2.75, 3.05) is 7.11 Å². The molecular weight excluding hydrogens is 180 g/mol. The number of benzene rings is 1. The molecule has 0 radical (unpaired) electrons. The molecule has 0 amide bonds. The van der Waals surface area contributed by atoms with Crippen molar-refractivity contribution < 1.29 is 4.74 Å². The topological polar surface area (TPSA) is 9.23 Å². The van der Waals surface area contributed by atoms with E-state index in [4.69, 9.17) is 4.74 Å². The van der Waals surface area contributed by atoms with Crippen LogP contribution >= 0.6 is 12.6 Å². The number of rotatable bonds is 2. The molecular formula is C11H16OS. The molecule has 1 atom stereocenters. The highest BCUT2D eigenvalue weighted by molar-refractivity contribution is 7.80. The van der Waals surface area contributed by atoms with Gasteiger partial charge in [0.15, 0.2) is 0 Å². The molecule has 0 N–H and O–H groups in total. The van der Waals surface area contributed by atoms with Crippen molar-refractivity contribution in [2.45, 2.75) is 26.0 Å². The molecule has 0 heterocycles. The van der Waals surface area contributed by atoms with Crippen molar-refractivity contribution in [3.63, 3.8) is 0 Å². The molecule has 1 aromatic rings. The van der Waals surface area contributed by atoms with E-state index in [1.165, 1.54) is 16.7 Å². The van der Waals surface area contributed by atoms with Gasteiger partial charge in [0.2, 0.25) is 0 Å². The number of hydrogen-bond donors (Lipinski definition) is 1. The van der Waals surface area contributed by atoms with E-state index >= 15 is 0 Å². The maximum absolute atomic E-state index is 5.32. The summed E-state index contributed by atoms with van der Waals surface area (Å²) >= 11 is 4.44. The van der Waals surface area contributed by atoms with E-state index in [0.717, 1.165) is 5.75 Å². The van der Waals surface area contributed by atoms with Crippen molar-refractivity contribution in [1.82, 2.24) is 0 Å².